The van der Waals surface area contributed by atoms with Crippen LogP contribution in [0.15, 0.2) is 18.2 Å². The Morgan fingerprint density at radius 3 is 2.70 bits per heavy atom. The number of carbonyl (C=O) groups is 3. The minimum Gasteiger partial charge on any atom is -0.495 e. The predicted octanol–water partition coefficient (Wildman–Crippen LogP) is 2.61. The number of carbonyl (C=O) groups excluding carboxylic acids is 2. The van der Waals surface area contributed by atoms with Crippen LogP contribution in [0.3, 0.4) is 0 Å². The highest BCUT2D eigenvalue weighted by molar-refractivity contribution is 6.31. The van der Waals surface area contributed by atoms with E-state index in [0.717, 1.165) is 12.8 Å². The average Bonchev–Trinajstić information content (AvgIpc) is 3.21. The summed E-state index contributed by atoms with van der Waals surface area (Å²) in [6, 6.07) is 4.99. The van der Waals surface area contributed by atoms with Crippen LogP contribution in [-0.4, -0.2) is 42.1 Å². The SMILES string of the molecule is COc1ccc(Cl)cc1N1CC(C(=O)NC2(CC(=O)O)CCCC2)CC1=O. The first kappa shape index (κ1) is 19.5. The van der Waals surface area contributed by atoms with Crippen molar-refractivity contribution in [3.05, 3.63) is 23.2 Å². The van der Waals surface area contributed by atoms with Crippen LogP contribution < -0.4 is 15.0 Å². The molecule has 1 aromatic rings. The van der Waals surface area contributed by atoms with Crippen LogP contribution in [0, 0.1) is 5.92 Å². The number of hydrogen-bond acceptors (Lipinski definition) is 4. The number of anilines is 1. The first-order valence-corrected chi connectivity index (χ1v) is 9.39. The fraction of sp³-hybridized carbons (Fsp3) is 0.526. The summed E-state index contributed by atoms with van der Waals surface area (Å²) < 4.78 is 5.31. The molecule has 0 radical (unpaired) electrons. The van der Waals surface area contributed by atoms with Crippen LogP contribution in [0.5, 0.6) is 5.75 Å². The molecule has 7 nitrogen and oxygen atoms in total. The summed E-state index contributed by atoms with van der Waals surface area (Å²) >= 11 is 6.05. The first-order valence-electron chi connectivity index (χ1n) is 9.01. The van der Waals surface area contributed by atoms with E-state index >= 15 is 0 Å². The average molecular weight is 395 g/mol. The maximum Gasteiger partial charge on any atom is 0.305 e. The van der Waals surface area contributed by atoms with Gasteiger partial charge in [0.1, 0.15) is 5.75 Å². The number of halogens is 1. The molecule has 2 aliphatic rings. The number of hydrogen-bond donors (Lipinski definition) is 2. The van der Waals surface area contributed by atoms with Crippen LogP contribution >= 0.6 is 11.6 Å². The smallest absolute Gasteiger partial charge is 0.305 e. The van der Waals surface area contributed by atoms with Gasteiger partial charge in [0, 0.05) is 18.0 Å². The van der Waals surface area contributed by atoms with Crippen molar-refractivity contribution in [3.63, 3.8) is 0 Å². The molecule has 2 fully saturated rings. The van der Waals surface area contributed by atoms with Gasteiger partial charge in [-0.3, -0.25) is 14.4 Å². The Hall–Kier alpha value is -2.28. The van der Waals surface area contributed by atoms with E-state index in [4.69, 9.17) is 16.3 Å². The molecule has 8 heteroatoms. The number of rotatable bonds is 6. The van der Waals surface area contributed by atoms with Crippen molar-refractivity contribution in [2.75, 3.05) is 18.6 Å². The Labute approximate surface area is 162 Å². The molecule has 1 aliphatic carbocycles. The van der Waals surface area contributed by atoms with E-state index in [9.17, 15) is 19.5 Å². The van der Waals surface area contributed by atoms with E-state index in [2.05, 4.69) is 5.32 Å². The quantitative estimate of drug-likeness (QED) is 0.773. The lowest BCUT2D eigenvalue weighted by Gasteiger charge is -2.30. The fourth-order valence-electron chi connectivity index (χ4n) is 4.04. The molecule has 1 atom stereocenters. The van der Waals surface area contributed by atoms with Gasteiger partial charge in [0.2, 0.25) is 11.8 Å². The molecule has 3 rings (SSSR count). The molecule has 2 amide bonds. The van der Waals surface area contributed by atoms with Crippen molar-refractivity contribution in [2.45, 2.75) is 44.1 Å². The van der Waals surface area contributed by atoms with Crippen LogP contribution in [-0.2, 0) is 14.4 Å². The summed E-state index contributed by atoms with van der Waals surface area (Å²) in [4.78, 5) is 38.0. The number of amides is 2. The second kappa shape index (κ2) is 7.76. The topological polar surface area (TPSA) is 95.9 Å². The third-order valence-corrected chi connectivity index (χ3v) is 5.60. The van der Waals surface area contributed by atoms with E-state index in [1.165, 1.54) is 12.0 Å². The number of carboxylic acid groups (broad SMARTS) is 1. The van der Waals surface area contributed by atoms with Gasteiger partial charge in [-0.25, -0.2) is 0 Å². The van der Waals surface area contributed by atoms with Crippen LogP contribution in [0.1, 0.15) is 38.5 Å². The Bertz CT molecular complexity index is 760. The van der Waals surface area contributed by atoms with Crippen molar-refractivity contribution >= 4 is 35.1 Å². The Morgan fingerprint density at radius 1 is 1.37 bits per heavy atom. The molecule has 1 saturated carbocycles. The van der Waals surface area contributed by atoms with Gasteiger partial charge in [0.15, 0.2) is 0 Å². The van der Waals surface area contributed by atoms with Gasteiger partial charge in [0.25, 0.3) is 0 Å². The Balaban J connectivity index is 1.74. The van der Waals surface area contributed by atoms with E-state index in [1.54, 1.807) is 18.2 Å². The van der Waals surface area contributed by atoms with Crippen molar-refractivity contribution in [3.8, 4) is 5.75 Å². The van der Waals surface area contributed by atoms with Crippen molar-refractivity contribution in [1.29, 1.82) is 0 Å². The molecule has 1 heterocycles. The van der Waals surface area contributed by atoms with E-state index < -0.39 is 17.4 Å². The highest BCUT2D eigenvalue weighted by Crippen LogP contribution is 2.37. The number of ether oxygens (including phenoxy) is 1. The number of nitrogens with one attached hydrogen (secondary N) is 1. The molecule has 27 heavy (non-hydrogen) atoms. The lowest BCUT2D eigenvalue weighted by molar-refractivity contribution is -0.139. The van der Waals surface area contributed by atoms with Crippen LogP contribution in [0.2, 0.25) is 5.02 Å². The number of nitrogens with zero attached hydrogens (tertiary/aromatic N) is 1. The second-order valence-corrected chi connectivity index (χ2v) is 7.71. The predicted molar refractivity (Wildman–Crippen MR) is 100 cm³/mol. The number of methoxy groups -OCH3 is 1. The maximum atomic E-state index is 12.8. The van der Waals surface area contributed by atoms with Gasteiger partial charge in [-0.15, -0.1) is 0 Å². The minimum absolute atomic E-state index is 0.0741. The second-order valence-electron chi connectivity index (χ2n) is 7.27. The number of aliphatic carboxylic acids is 1. The van der Waals surface area contributed by atoms with Gasteiger partial charge in [-0.05, 0) is 31.0 Å². The minimum atomic E-state index is -0.926. The van der Waals surface area contributed by atoms with Gasteiger partial charge in [-0.1, -0.05) is 24.4 Å². The first-order chi connectivity index (χ1) is 12.8. The molecular formula is C19H23ClN2O5. The summed E-state index contributed by atoms with van der Waals surface area (Å²) in [6.07, 6.45) is 3.07. The lowest BCUT2D eigenvalue weighted by Crippen LogP contribution is -2.50. The van der Waals surface area contributed by atoms with Gasteiger partial charge >= 0.3 is 5.97 Å². The molecule has 146 valence electrons. The molecule has 2 N–H and O–H groups in total. The monoisotopic (exact) mass is 394 g/mol. The zero-order valence-electron chi connectivity index (χ0n) is 15.2. The lowest BCUT2D eigenvalue weighted by atomic mass is 9.92. The third-order valence-electron chi connectivity index (χ3n) is 5.37. The van der Waals surface area contributed by atoms with Gasteiger partial charge in [0.05, 0.1) is 30.7 Å². The van der Waals surface area contributed by atoms with Gasteiger partial charge < -0.3 is 20.1 Å². The Morgan fingerprint density at radius 2 is 2.07 bits per heavy atom. The summed E-state index contributed by atoms with van der Waals surface area (Å²) in [5.74, 6) is -1.41. The fourth-order valence-corrected chi connectivity index (χ4v) is 4.21. The molecule has 1 aromatic carbocycles. The zero-order valence-corrected chi connectivity index (χ0v) is 15.9. The van der Waals surface area contributed by atoms with E-state index in [0.29, 0.717) is 29.3 Å². The molecule has 1 aliphatic heterocycles. The molecule has 0 aromatic heterocycles. The number of carboxylic acids is 1. The number of benzene rings is 1. The molecule has 1 unspecified atom stereocenters. The molecular weight excluding hydrogens is 372 g/mol. The molecule has 0 spiro atoms. The Kier molecular flexibility index (Phi) is 5.60. The summed E-state index contributed by atoms with van der Waals surface area (Å²) in [5, 5.41) is 12.6. The normalized spacial score (nSPS) is 21.3. The van der Waals surface area contributed by atoms with E-state index in [-0.39, 0.29) is 31.2 Å². The third kappa shape index (κ3) is 4.18. The summed E-state index contributed by atoms with van der Waals surface area (Å²) in [6.45, 7) is 0.213. The van der Waals surface area contributed by atoms with Crippen molar-refractivity contribution in [1.82, 2.24) is 5.32 Å². The zero-order chi connectivity index (χ0) is 19.6. The van der Waals surface area contributed by atoms with E-state index in [1.807, 2.05) is 0 Å². The van der Waals surface area contributed by atoms with Crippen LogP contribution in [0.25, 0.3) is 0 Å². The highest BCUT2D eigenvalue weighted by atomic mass is 35.5. The summed E-state index contributed by atoms with van der Waals surface area (Å²) in [5.41, 5.74) is -0.168. The largest absolute Gasteiger partial charge is 0.495 e. The molecule has 0 bridgehead atoms. The molecule has 1 saturated heterocycles. The van der Waals surface area contributed by atoms with Gasteiger partial charge in [-0.2, -0.15) is 0 Å². The maximum absolute atomic E-state index is 12.8. The standard InChI is InChI=1S/C19H23ClN2O5/c1-27-15-5-4-13(20)9-14(15)22-11-12(8-16(22)23)18(26)21-19(10-17(24)25)6-2-3-7-19/h4-5,9,12H,2-3,6-8,10-11H2,1H3,(H,21,26)(H,24,25). The highest BCUT2D eigenvalue weighted by Gasteiger charge is 2.42. The van der Waals surface area contributed by atoms with Crippen molar-refractivity contribution in [2.24, 2.45) is 5.92 Å². The summed E-state index contributed by atoms with van der Waals surface area (Å²) in [7, 11) is 1.51. The van der Waals surface area contributed by atoms with Crippen LogP contribution in [0.4, 0.5) is 5.69 Å². The van der Waals surface area contributed by atoms with Crippen molar-refractivity contribution < 1.29 is 24.2 Å².